The van der Waals surface area contributed by atoms with Gasteiger partial charge in [-0.15, -0.1) is 0 Å². The fraction of sp³-hybridized carbons (Fsp3) is 0. The number of hydrogen-bond acceptors (Lipinski definition) is 3. The van der Waals surface area contributed by atoms with Crippen molar-refractivity contribution in [2.24, 2.45) is 0 Å². The maximum Gasteiger partial charge on any atom is 0.164 e. The zero-order chi connectivity index (χ0) is 33.0. The summed E-state index contributed by atoms with van der Waals surface area (Å²) in [5.74, 6) is 1.90. The molecule has 0 atom stereocenters. The summed E-state index contributed by atoms with van der Waals surface area (Å²) in [4.78, 5) is 15.1. The molecule has 0 saturated carbocycles. The van der Waals surface area contributed by atoms with E-state index in [1.807, 2.05) is 18.2 Å². The Kier molecular flexibility index (Phi) is 8.45. The third kappa shape index (κ3) is 6.73. The molecule has 8 aromatic rings. The van der Waals surface area contributed by atoms with Crippen LogP contribution in [-0.4, -0.2) is 15.0 Å². The second-order valence-corrected chi connectivity index (χ2v) is 12.8. The molecule has 4 heteroatoms. The summed E-state index contributed by atoms with van der Waals surface area (Å²) in [5, 5.41) is 0. The molecule has 0 aliphatic rings. The summed E-state index contributed by atoms with van der Waals surface area (Å²) in [6.07, 6.45) is 0. The van der Waals surface area contributed by atoms with E-state index >= 15 is 0 Å². The van der Waals surface area contributed by atoms with Gasteiger partial charge < -0.3 is 0 Å². The van der Waals surface area contributed by atoms with Gasteiger partial charge in [0.1, 0.15) is 0 Å². The summed E-state index contributed by atoms with van der Waals surface area (Å²) in [7, 11) is 0. The van der Waals surface area contributed by atoms with Crippen LogP contribution in [0.4, 0.5) is 0 Å². The number of halogens is 1. The first-order valence-corrected chi connectivity index (χ1v) is 17.0. The minimum Gasteiger partial charge on any atom is -0.208 e. The van der Waals surface area contributed by atoms with Gasteiger partial charge in [0.05, 0.1) is 0 Å². The average molecular weight is 693 g/mol. The lowest BCUT2D eigenvalue weighted by molar-refractivity contribution is 1.07. The van der Waals surface area contributed by atoms with E-state index in [1.165, 1.54) is 22.3 Å². The van der Waals surface area contributed by atoms with E-state index in [-0.39, 0.29) is 0 Å². The van der Waals surface area contributed by atoms with Crippen LogP contribution in [0, 0.1) is 0 Å². The molecule has 1 heterocycles. The Balaban J connectivity index is 1.17. The third-order valence-corrected chi connectivity index (χ3v) is 9.13. The molecule has 1 aromatic heterocycles. The fourth-order valence-electron chi connectivity index (χ4n) is 6.01. The number of nitrogens with zero attached hydrogens (tertiary/aromatic N) is 3. The van der Waals surface area contributed by atoms with Crippen LogP contribution in [0.5, 0.6) is 0 Å². The molecule has 0 fully saturated rings. The average Bonchev–Trinajstić information content (AvgIpc) is 3.19. The monoisotopic (exact) mass is 691 g/mol. The lowest BCUT2D eigenvalue weighted by Crippen LogP contribution is -2.00. The van der Waals surface area contributed by atoms with Crippen LogP contribution >= 0.6 is 15.9 Å². The van der Waals surface area contributed by atoms with Crippen molar-refractivity contribution in [3.63, 3.8) is 0 Å². The maximum absolute atomic E-state index is 5.04. The minimum absolute atomic E-state index is 0.631. The number of benzene rings is 7. The molecule has 49 heavy (non-hydrogen) atoms. The normalized spacial score (nSPS) is 11.0. The Labute approximate surface area is 294 Å². The van der Waals surface area contributed by atoms with Gasteiger partial charge in [-0.3, -0.25) is 0 Å². The van der Waals surface area contributed by atoms with E-state index in [2.05, 4.69) is 180 Å². The SMILES string of the molecule is Brc1cccc(-c2ccc(-c3cccc(-c4nc(-c5ccc(-c6ccccc6)cc5)nc(-c5ccc(-c6ccccc6)cc5)n4)c3)cc2)c1. The van der Waals surface area contributed by atoms with Gasteiger partial charge >= 0.3 is 0 Å². The van der Waals surface area contributed by atoms with E-state index < -0.39 is 0 Å². The Morgan fingerprint density at radius 3 is 1.00 bits per heavy atom. The Morgan fingerprint density at radius 2 is 0.551 bits per heavy atom. The highest BCUT2D eigenvalue weighted by molar-refractivity contribution is 9.10. The van der Waals surface area contributed by atoms with E-state index in [9.17, 15) is 0 Å². The highest BCUT2D eigenvalue weighted by Crippen LogP contribution is 2.32. The van der Waals surface area contributed by atoms with Gasteiger partial charge in [-0.2, -0.15) is 0 Å². The lowest BCUT2D eigenvalue weighted by Gasteiger charge is -2.11. The van der Waals surface area contributed by atoms with Crippen molar-refractivity contribution < 1.29 is 0 Å². The van der Waals surface area contributed by atoms with Gasteiger partial charge in [0.25, 0.3) is 0 Å². The first-order chi connectivity index (χ1) is 24.2. The van der Waals surface area contributed by atoms with Crippen LogP contribution in [0.1, 0.15) is 0 Å². The number of aromatic nitrogens is 3. The van der Waals surface area contributed by atoms with Crippen molar-refractivity contribution in [1.82, 2.24) is 15.0 Å². The van der Waals surface area contributed by atoms with Crippen LogP contribution in [-0.2, 0) is 0 Å². The fourth-order valence-corrected chi connectivity index (χ4v) is 6.41. The van der Waals surface area contributed by atoms with Crippen molar-refractivity contribution in [3.8, 4) is 78.7 Å². The molecule has 0 bridgehead atoms. The lowest BCUT2D eigenvalue weighted by atomic mass is 9.99. The molecule has 3 nitrogen and oxygen atoms in total. The highest BCUT2D eigenvalue weighted by atomic mass is 79.9. The van der Waals surface area contributed by atoms with Crippen molar-refractivity contribution in [2.75, 3.05) is 0 Å². The molecule has 0 amide bonds. The quantitative estimate of drug-likeness (QED) is 0.167. The molecule has 0 N–H and O–H groups in total. The summed E-state index contributed by atoms with van der Waals surface area (Å²) >= 11 is 3.59. The smallest absolute Gasteiger partial charge is 0.164 e. The molecule has 8 rings (SSSR count). The highest BCUT2D eigenvalue weighted by Gasteiger charge is 2.14. The Morgan fingerprint density at radius 1 is 0.245 bits per heavy atom. The zero-order valence-corrected chi connectivity index (χ0v) is 28.1. The Bertz CT molecular complexity index is 2250. The minimum atomic E-state index is 0.631. The molecule has 0 spiro atoms. The van der Waals surface area contributed by atoms with Gasteiger partial charge in [-0.25, -0.2) is 15.0 Å². The standard InChI is InChI=1S/C45H30BrN3/c46-42-16-8-14-40(30-42)36-19-17-35(18-20-36)39-13-7-15-41(29-39)45-48-43(37-25-21-33(22-26-37)31-9-3-1-4-10-31)47-44(49-45)38-27-23-34(24-28-38)32-11-5-2-6-12-32/h1-30H. The zero-order valence-electron chi connectivity index (χ0n) is 26.5. The molecule has 7 aromatic carbocycles. The van der Waals surface area contributed by atoms with Gasteiger partial charge in [-0.1, -0.05) is 180 Å². The van der Waals surface area contributed by atoms with Gasteiger partial charge in [0.15, 0.2) is 17.5 Å². The molecule has 0 radical (unpaired) electrons. The number of rotatable bonds is 7. The first-order valence-electron chi connectivity index (χ1n) is 16.2. The van der Waals surface area contributed by atoms with Crippen LogP contribution in [0.2, 0.25) is 0 Å². The topological polar surface area (TPSA) is 38.7 Å². The van der Waals surface area contributed by atoms with E-state index in [0.29, 0.717) is 17.5 Å². The largest absolute Gasteiger partial charge is 0.208 e. The van der Waals surface area contributed by atoms with Crippen LogP contribution in [0.25, 0.3) is 78.7 Å². The molecular formula is C45H30BrN3. The molecule has 0 saturated heterocycles. The first kappa shape index (κ1) is 30.4. The van der Waals surface area contributed by atoms with Crippen molar-refractivity contribution in [2.45, 2.75) is 0 Å². The van der Waals surface area contributed by atoms with Crippen molar-refractivity contribution >= 4 is 15.9 Å². The molecule has 0 aliphatic heterocycles. The van der Waals surface area contributed by atoms with Gasteiger partial charge in [-0.05, 0) is 62.7 Å². The Hall–Kier alpha value is -5.97. The predicted octanol–water partition coefficient (Wildman–Crippen LogP) is 12.3. The van der Waals surface area contributed by atoms with Crippen molar-refractivity contribution in [1.29, 1.82) is 0 Å². The molecular weight excluding hydrogens is 662 g/mol. The predicted molar refractivity (Wildman–Crippen MR) is 206 cm³/mol. The summed E-state index contributed by atoms with van der Waals surface area (Å²) in [6.45, 7) is 0. The molecule has 232 valence electrons. The summed E-state index contributed by atoms with van der Waals surface area (Å²) in [6, 6.07) is 63.1. The summed E-state index contributed by atoms with van der Waals surface area (Å²) < 4.78 is 1.07. The van der Waals surface area contributed by atoms with Crippen molar-refractivity contribution in [3.05, 3.63) is 186 Å². The molecule has 0 aliphatic carbocycles. The van der Waals surface area contributed by atoms with Gasteiger partial charge in [0, 0.05) is 21.2 Å². The van der Waals surface area contributed by atoms with Crippen LogP contribution in [0.3, 0.4) is 0 Å². The third-order valence-electron chi connectivity index (χ3n) is 8.63. The van der Waals surface area contributed by atoms with Crippen LogP contribution < -0.4 is 0 Å². The molecule has 0 unspecified atom stereocenters. The van der Waals surface area contributed by atoms with E-state index in [1.54, 1.807) is 0 Å². The maximum atomic E-state index is 5.04. The van der Waals surface area contributed by atoms with Crippen LogP contribution in [0.15, 0.2) is 186 Å². The van der Waals surface area contributed by atoms with E-state index in [0.717, 1.165) is 43.4 Å². The second kappa shape index (κ2) is 13.6. The van der Waals surface area contributed by atoms with Gasteiger partial charge in [0.2, 0.25) is 0 Å². The summed E-state index contributed by atoms with van der Waals surface area (Å²) in [5.41, 5.74) is 12.0. The van der Waals surface area contributed by atoms with E-state index in [4.69, 9.17) is 15.0 Å². The second-order valence-electron chi connectivity index (χ2n) is 11.9. The number of hydrogen-bond donors (Lipinski definition) is 0.